The van der Waals surface area contributed by atoms with Gasteiger partial charge in [-0.25, -0.2) is 4.79 Å². The first-order valence-electron chi connectivity index (χ1n) is 10.2. The van der Waals surface area contributed by atoms with E-state index in [0.717, 1.165) is 30.2 Å². The van der Waals surface area contributed by atoms with Crippen molar-refractivity contribution in [1.82, 2.24) is 14.2 Å². The van der Waals surface area contributed by atoms with Gasteiger partial charge in [-0.1, -0.05) is 0 Å². The van der Waals surface area contributed by atoms with Crippen molar-refractivity contribution in [1.29, 1.82) is 0 Å². The summed E-state index contributed by atoms with van der Waals surface area (Å²) in [6.45, 7) is 2.83. The van der Waals surface area contributed by atoms with Crippen molar-refractivity contribution in [2.24, 2.45) is 0 Å². The van der Waals surface area contributed by atoms with Crippen molar-refractivity contribution >= 4 is 29.0 Å². The summed E-state index contributed by atoms with van der Waals surface area (Å²) in [5, 5.41) is 2.92. The van der Waals surface area contributed by atoms with E-state index in [0.29, 0.717) is 24.3 Å². The number of hydrogen-bond donors (Lipinski definition) is 1. The predicted octanol–water partition coefficient (Wildman–Crippen LogP) is 3.00. The monoisotopic (exact) mass is 421 g/mol. The van der Waals surface area contributed by atoms with Crippen molar-refractivity contribution in [2.45, 2.75) is 0 Å². The molecule has 0 aliphatic carbocycles. The number of nitrogens with zero attached hydrogens (tertiary/aromatic N) is 4. The molecule has 1 aliphatic rings. The molecule has 0 spiro atoms. The molecule has 4 rings (SSSR count). The zero-order valence-corrected chi connectivity index (χ0v) is 18.0. The van der Waals surface area contributed by atoms with E-state index in [1.165, 1.54) is 0 Å². The summed E-state index contributed by atoms with van der Waals surface area (Å²) in [5.41, 5.74) is 2.30. The first-order chi connectivity index (χ1) is 15.0. The maximum atomic E-state index is 12.8. The van der Waals surface area contributed by atoms with Crippen LogP contribution in [0.3, 0.4) is 0 Å². The molecular formula is C23H27N5O3. The Morgan fingerprint density at radius 3 is 2.26 bits per heavy atom. The van der Waals surface area contributed by atoms with Crippen LogP contribution in [0.5, 0.6) is 5.75 Å². The number of piperazine rings is 1. The molecule has 8 heteroatoms. The molecule has 31 heavy (non-hydrogen) atoms. The molecule has 0 atom stereocenters. The maximum Gasteiger partial charge on any atom is 0.319 e. The van der Waals surface area contributed by atoms with Gasteiger partial charge in [-0.2, -0.15) is 0 Å². The predicted molar refractivity (Wildman–Crippen MR) is 121 cm³/mol. The summed E-state index contributed by atoms with van der Waals surface area (Å²) >= 11 is 0. The van der Waals surface area contributed by atoms with Crippen molar-refractivity contribution in [2.75, 3.05) is 57.6 Å². The number of amides is 3. The smallest absolute Gasteiger partial charge is 0.319 e. The minimum Gasteiger partial charge on any atom is -0.497 e. The molecule has 3 aromatic rings. The summed E-state index contributed by atoms with van der Waals surface area (Å²) in [7, 11) is 5.15. The van der Waals surface area contributed by atoms with Crippen LogP contribution >= 0.6 is 0 Å². The Balaban J connectivity index is 1.50. The molecule has 1 fully saturated rings. The zero-order valence-electron chi connectivity index (χ0n) is 18.0. The standard InChI is InChI=1S/C23H27N5O3/c1-25(2)23(30)27-14-12-26(13-15-27)21-11-8-19-7-4-17(16-28(19)21)22(29)24-18-5-9-20(31-3)10-6-18/h4-11,16H,12-15H2,1-3H3,(H,24,29). The molecule has 8 nitrogen and oxygen atoms in total. The lowest BCUT2D eigenvalue weighted by atomic mass is 10.2. The minimum absolute atomic E-state index is 0.0390. The number of benzene rings is 1. The third-order valence-electron chi connectivity index (χ3n) is 5.50. The number of aromatic nitrogens is 1. The SMILES string of the molecule is COc1ccc(NC(=O)c2ccc3ccc(N4CCN(C(=O)N(C)C)CC4)n3c2)cc1. The number of nitrogens with one attached hydrogen (secondary N) is 1. The van der Waals surface area contributed by atoms with E-state index >= 15 is 0 Å². The van der Waals surface area contributed by atoms with Crippen LogP contribution in [0, 0.1) is 0 Å². The molecule has 1 aromatic carbocycles. The number of carbonyl (C=O) groups is 2. The fourth-order valence-electron chi connectivity index (χ4n) is 3.77. The van der Waals surface area contributed by atoms with Crippen LogP contribution < -0.4 is 15.0 Å². The Labute approximate surface area is 181 Å². The van der Waals surface area contributed by atoms with Gasteiger partial charge in [0.2, 0.25) is 0 Å². The van der Waals surface area contributed by atoms with E-state index in [-0.39, 0.29) is 11.9 Å². The summed E-state index contributed by atoms with van der Waals surface area (Å²) in [5.74, 6) is 1.59. The molecule has 0 bridgehead atoms. The van der Waals surface area contributed by atoms with Gasteiger partial charge in [-0.3, -0.25) is 4.79 Å². The lowest BCUT2D eigenvalue weighted by Gasteiger charge is -2.36. The molecule has 1 saturated heterocycles. The number of methoxy groups -OCH3 is 1. The third kappa shape index (κ3) is 4.28. The molecule has 162 valence electrons. The van der Waals surface area contributed by atoms with Crippen LogP contribution in [0.1, 0.15) is 10.4 Å². The van der Waals surface area contributed by atoms with Crippen LogP contribution in [0.2, 0.25) is 0 Å². The lowest BCUT2D eigenvalue weighted by Crippen LogP contribution is -2.51. The average molecular weight is 422 g/mol. The molecule has 2 aromatic heterocycles. The van der Waals surface area contributed by atoms with Crippen LogP contribution in [-0.2, 0) is 0 Å². The van der Waals surface area contributed by atoms with Gasteiger partial charge in [-0.15, -0.1) is 0 Å². The summed E-state index contributed by atoms with van der Waals surface area (Å²) in [6, 6.07) is 15.1. The van der Waals surface area contributed by atoms with Crippen LogP contribution in [0.4, 0.5) is 16.3 Å². The quantitative estimate of drug-likeness (QED) is 0.703. The first kappa shape index (κ1) is 20.6. The van der Waals surface area contributed by atoms with Gasteiger partial charge in [0, 0.05) is 57.7 Å². The Bertz CT molecular complexity index is 1080. The van der Waals surface area contributed by atoms with E-state index in [1.807, 2.05) is 58.0 Å². The molecule has 0 saturated carbocycles. The Morgan fingerprint density at radius 1 is 0.935 bits per heavy atom. The number of carbonyl (C=O) groups excluding carboxylic acids is 2. The molecular weight excluding hydrogens is 394 g/mol. The summed E-state index contributed by atoms with van der Waals surface area (Å²) < 4.78 is 7.19. The van der Waals surface area contributed by atoms with Crippen LogP contribution in [0.15, 0.2) is 54.7 Å². The second kappa shape index (κ2) is 8.59. The Kier molecular flexibility index (Phi) is 5.70. The van der Waals surface area contributed by atoms with Crippen molar-refractivity contribution in [3.8, 4) is 5.75 Å². The molecule has 1 N–H and O–H groups in total. The highest BCUT2D eigenvalue weighted by Crippen LogP contribution is 2.23. The van der Waals surface area contributed by atoms with Gasteiger partial charge >= 0.3 is 6.03 Å². The second-order valence-electron chi connectivity index (χ2n) is 7.74. The van der Waals surface area contributed by atoms with Crippen molar-refractivity contribution in [3.05, 3.63) is 60.3 Å². The lowest BCUT2D eigenvalue weighted by molar-refractivity contribution is 0.102. The number of fused-ring (bicyclic) bond motifs is 1. The van der Waals surface area contributed by atoms with Crippen LogP contribution in [0.25, 0.3) is 5.52 Å². The maximum absolute atomic E-state index is 12.8. The van der Waals surface area contributed by atoms with Gasteiger partial charge in [0.25, 0.3) is 5.91 Å². The molecule has 0 unspecified atom stereocenters. The first-order valence-corrected chi connectivity index (χ1v) is 10.2. The highest BCUT2D eigenvalue weighted by atomic mass is 16.5. The number of rotatable bonds is 4. The number of hydrogen-bond acceptors (Lipinski definition) is 4. The normalized spacial score (nSPS) is 13.9. The van der Waals surface area contributed by atoms with Gasteiger partial charge in [0.1, 0.15) is 11.6 Å². The fourth-order valence-corrected chi connectivity index (χ4v) is 3.77. The van der Waals surface area contributed by atoms with E-state index in [9.17, 15) is 9.59 Å². The van der Waals surface area contributed by atoms with Crippen LogP contribution in [-0.4, -0.2) is 73.5 Å². The summed E-state index contributed by atoms with van der Waals surface area (Å²) in [4.78, 5) is 30.7. The molecule has 1 aliphatic heterocycles. The van der Waals surface area contributed by atoms with E-state index in [1.54, 1.807) is 26.1 Å². The fraction of sp³-hybridized carbons (Fsp3) is 0.304. The topological polar surface area (TPSA) is 69.5 Å². The van der Waals surface area contributed by atoms with Gasteiger partial charge in [0.15, 0.2) is 0 Å². The van der Waals surface area contributed by atoms with Crippen molar-refractivity contribution < 1.29 is 14.3 Å². The average Bonchev–Trinajstić information content (AvgIpc) is 3.22. The second-order valence-corrected chi connectivity index (χ2v) is 7.74. The van der Waals surface area contributed by atoms with Gasteiger partial charge in [-0.05, 0) is 48.5 Å². The van der Waals surface area contributed by atoms with E-state index in [2.05, 4.69) is 16.3 Å². The van der Waals surface area contributed by atoms with Gasteiger partial charge in [0.05, 0.1) is 12.7 Å². The molecule has 3 heterocycles. The highest BCUT2D eigenvalue weighted by Gasteiger charge is 2.23. The number of urea groups is 1. The molecule has 0 radical (unpaired) electrons. The van der Waals surface area contributed by atoms with E-state index < -0.39 is 0 Å². The number of pyridine rings is 1. The number of anilines is 2. The van der Waals surface area contributed by atoms with E-state index in [4.69, 9.17) is 4.74 Å². The van der Waals surface area contributed by atoms with Gasteiger partial charge < -0.3 is 29.2 Å². The van der Waals surface area contributed by atoms with Crippen molar-refractivity contribution in [3.63, 3.8) is 0 Å². The zero-order chi connectivity index (χ0) is 22.0. The third-order valence-corrected chi connectivity index (χ3v) is 5.50. The minimum atomic E-state index is -0.173. The number of ether oxygens (including phenoxy) is 1. The largest absolute Gasteiger partial charge is 0.497 e. The highest BCUT2D eigenvalue weighted by molar-refractivity contribution is 6.04. The Hall–Kier alpha value is -3.68. The molecule has 3 amide bonds. The Morgan fingerprint density at radius 2 is 1.61 bits per heavy atom. The summed E-state index contributed by atoms with van der Waals surface area (Å²) in [6.07, 6.45) is 1.86.